The Bertz CT molecular complexity index is 399. The summed E-state index contributed by atoms with van der Waals surface area (Å²) in [6.45, 7) is 2.81. The predicted molar refractivity (Wildman–Crippen MR) is 68.6 cm³/mol. The summed E-state index contributed by atoms with van der Waals surface area (Å²) in [6, 6.07) is 5.70. The summed E-state index contributed by atoms with van der Waals surface area (Å²) in [5.41, 5.74) is 1.88. The maximum Gasteiger partial charge on any atom is 0.251 e. The highest BCUT2D eigenvalue weighted by Crippen LogP contribution is 2.31. The molecule has 1 saturated carbocycles. The molecular weight excluding hydrogens is 266 g/mol. The van der Waals surface area contributed by atoms with Crippen molar-refractivity contribution in [1.29, 1.82) is 0 Å². The van der Waals surface area contributed by atoms with Gasteiger partial charge in [-0.2, -0.15) is 0 Å². The second-order valence-corrected chi connectivity index (χ2v) is 5.31. The van der Waals surface area contributed by atoms with Gasteiger partial charge in [-0.1, -0.05) is 34.8 Å². The van der Waals surface area contributed by atoms with Crippen LogP contribution in [0.3, 0.4) is 0 Å². The average molecular weight is 282 g/mol. The van der Waals surface area contributed by atoms with Crippen LogP contribution in [0, 0.1) is 12.8 Å². The first-order valence-corrected chi connectivity index (χ1v) is 6.50. The number of benzene rings is 1. The Morgan fingerprint density at radius 1 is 1.50 bits per heavy atom. The largest absolute Gasteiger partial charge is 0.352 e. The summed E-state index contributed by atoms with van der Waals surface area (Å²) in [5, 5.41) is 2.96. The summed E-state index contributed by atoms with van der Waals surface area (Å²) in [6.07, 6.45) is 3.80. The predicted octanol–water partition coefficient (Wildman–Crippen LogP) is 3.29. The van der Waals surface area contributed by atoms with Crippen molar-refractivity contribution in [3.05, 3.63) is 33.8 Å². The highest BCUT2D eigenvalue weighted by molar-refractivity contribution is 9.10. The molecule has 16 heavy (non-hydrogen) atoms. The van der Waals surface area contributed by atoms with Crippen molar-refractivity contribution < 1.29 is 4.79 Å². The normalized spacial score (nSPS) is 14.9. The van der Waals surface area contributed by atoms with Gasteiger partial charge in [-0.25, -0.2) is 0 Å². The molecule has 1 aromatic carbocycles. The van der Waals surface area contributed by atoms with Crippen LogP contribution in [0.5, 0.6) is 0 Å². The number of hydrogen-bond acceptors (Lipinski definition) is 1. The first-order chi connectivity index (χ1) is 7.66. The van der Waals surface area contributed by atoms with Crippen LogP contribution >= 0.6 is 15.9 Å². The van der Waals surface area contributed by atoms with Gasteiger partial charge in [-0.05, 0) is 37.0 Å². The van der Waals surface area contributed by atoms with E-state index in [4.69, 9.17) is 0 Å². The zero-order valence-electron chi connectivity index (χ0n) is 9.42. The van der Waals surface area contributed by atoms with E-state index < -0.39 is 0 Å². The molecule has 0 atom stereocenters. The Morgan fingerprint density at radius 3 is 2.88 bits per heavy atom. The third-order valence-electron chi connectivity index (χ3n) is 2.97. The van der Waals surface area contributed by atoms with E-state index in [0.29, 0.717) is 0 Å². The quantitative estimate of drug-likeness (QED) is 0.902. The number of hydrogen-bond donors (Lipinski definition) is 1. The molecule has 0 saturated heterocycles. The Balaban J connectivity index is 1.88. The lowest BCUT2D eigenvalue weighted by molar-refractivity contribution is 0.0952. The van der Waals surface area contributed by atoms with Crippen molar-refractivity contribution in [2.45, 2.75) is 26.2 Å². The molecule has 0 aliphatic heterocycles. The molecule has 1 fully saturated rings. The van der Waals surface area contributed by atoms with Crippen LogP contribution in [0.25, 0.3) is 0 Å². The van der Waals surface area contributed by atoms with E-state index in [-0.39, 0.29) is 5.91 Å². The van der Waals surface area contributed by atoms with Gasteiger partial charge in [0.2, 0.25) is 0 Å². The van der Waals surface area contributed by atoms with Gasteiger partial charge in [0.05, 0.1) is 0 Å². The Labute approximate surface area is 105 Å². The minimum Gasteiger partial charge on any atom is -0.352 e. The summed E-state index contributed by atoms with van der Waals surface area (Å²) in [7, 11) is 0. The molecule has 0 aromatic heterocycles. The number of carbonyl (C=O) groups excluding carboxylic acids is 1. The molecule has 1 amide bonds. The fourth-order valence-electron chi connectivity index (χ4n) is 1.63. The van der Waals surface area contributed by atoms with Crippen molar-refractivity contribution in [2.24, 2.45) is 5.92 Å². The molecule has 3 heteroatoms. The van der Waals surface area contributed by atoms with Crippen LogP contribution in [0.15, 0.2) is 22.7 Å². The molecule has 2 rings (SSSR count). The molecule has 1 N–H and O–H groups in total. The molecule has 0 unspecified atom stereocenters. The summed E-state index contributed by atoms with van der Waals surface area (Å²) in [4.78, 5) is 11.8. The Morgan fingerprint density at radius 2 is 2.25 bits per heavy atom. The third kappa shape index (κ3) is 3.08. The zero-order valence-corrected chi connectivity index (χ0v) is 11.0. The highest BCUT2D eigenvalue weighted by Gasteiger charge is 2.20. The van der Waals surface area contributed by atoms with Crippen molar-refractivity contribution >= 4 is 21.8 Å². The summed E-state index contributed by atoms with van der Waals surface area (Å²) in [5.74, 6) is 0.895. The number of nitrogens with one attached hydrogen (secondary N) is 1. The number of rotatable bonds is 4. The van der Waals surface area contributed by atoms with Gasteiger partial charge >= 0.3 is 0 Å². The number of amides is 1. The fraction of sp³-hybridized carbons (Fsp3) is 0.462. The zero-order chi connectivity index (χ0) is 11.5. The molecule has 0 heterocycles. The molecule has 2 nitrogen and oxygen atoms in total. The lowest BCUT2D eigenvalue weighted by Crippen LogP contribution is -2.24. The van der Waals surface area contributed by atoms with Gasteiger partial charge in [0, 0.05) is 16.6 Å². The monoisotopic (exact) mass is 281 g/mol. The Hall–Kier alpha value is -0.830. The molecule has 0 spiro atoms. The van der Waals surface area contributed by atoms with Gasteiger partial charge < -0.3 is 5.32 Å². The molecule has 1 aliphatic rings. The van der Waals surface area contributed by atoms with Gasteiger partial charge in [0.25, 0.3) is 5.91 Å². The summed E-state index contributed by atoms with van der Waals surface area (Å²) >= 11 is 3.44. The van der Waals surface area contributed by atoms with E-state index in [9.17, 15) is 4.79 Å². The van der Waals surface area contributed by atoms with Gasteiger partial charge in [-0.15, -0.1) is 0 Å². The minimum absolute atomic E-state index is 0.0290. The first kappa shape index (κ1) is 11.6. The SMILES string of the molecule is Cc1ccc(C(=O)NCCC2CC2)cc1Br. The van der Waals surface area contributed by atoms with Gasteiger partial charge in [0.1, 0.15) is 0 Å². The fourth-order valence-corrected chi connectivity index (χ4v) is 2.01. The third-order valence-corrected chi connectivity index (χ3v) is 3.82. The van der Waals surface area contributed by atoms with Crippen LogP contribution in [0.2, 0.25) is 0 Å². The van der Waals surface area contributed by atoms with E-state index >= 15 is 0 Å². The number of carbonyl (C=O) groups is 1. The van der Waals surface area contributed by atoms with Crippen molar-refractivity contribution in [1.82, 2.24) is 5.32 Å². The van der Waals surface area contributed by atoms with Crippen LogP contribution in [0.1, 0.15) is 35.2 Å². The average Bonchev–Trinajstić information content (AvgIpc) is 3.06. The molecule has 1 aliphatic carbocycles. The highest BCUT2D eigenvalue weighted by atomic mass is 79.9. The maximum absolute atomic E-state index is 11.8. The summed E-state index contributed by atoms with van der Waals surface area (Å²) < 4.78 is 0.988. The topological polar surface area (TPSA) is 29.1 Å². The first-order valence-electron chi connectivity index (χ1n) is 5.71. The van der Waals surface area contributed by atoms with Crippen LogP contribution in [0.4, 0.5) is 0 Å². The molecule has 0 bridgehead atoms. The van der Waals surface area contributed by atoms with E-state index in [1.54, 1.807) is 0 Å². The number of halogens is 1. The second-order valence-electron chi connectivity index (χ2n) is 4.45. The van der Waals surface area contributed by atoms with Crippen LogP contribution in [-0.4, -0.2) is 12.5 Å². The van der Waals surface area contributed by atoms with Gasteiger partial charge in [-0.3, -0.25) is 4.79 Å². The van der Waals surface area contributed by atoms with Crippen LogP contribution in [-0.2, 0) is 0 Å². The maximum atomic E-state index is 11.8. The molecule has 0 radical (unpaired) electrons. The van der Waals surface area contributed by atoms with Crippen LogP contribution < -0.4 is 5.32 Å². The number of aryl methyl sites for hydroxylation is 1. The van der Waals surface area contributed by atoms with E-state index in [2.05, 4.69) is 21.2 Å². The van der Waals surface area contributed by atoms with Gasteiger partial charge in [0.15, 0.2) is 0 Å². The van der Waals surface area contributed by atoms with Crippen molar-refractivity contribution in [3.63, 3.8) is 0 Å². The smallest absolute Gasteiger partial charge is 0.251 e. The minimum atomic E-state index is 0.0290. The van der Waals surface area contributed by atoms with Crippen molar-refractivity contribution in [3.8, 4) is 0 Å². The molecular formula is C13H16BrNO. The van der Waals surface area contributed by atoms with E-state index in [1.165, 1.54) is 12.8 Å². The van der Waals surface area contributed by atoms with E-state index in [0.717, 1.165) is 34.5 Å². The lowest BCUT2D eigenvalue weighted by Gasteiger charge is -2.06. The molecule has 1 aromatic rings. The van der Waals surface area contributed by atoms with Crippen molar-refractivity contribution in [2.75, 3.05) is 6.54 Å². The van der Waals surface area contributed by atoms with E-state index in [1.807, 2.05) is 25.1 Å². The lowest BCUT2D eigenvalue weighted by atomic mass is 10.1. The Kier molecular flexibility index (Phi) is 3.64. The standard InChI is InChI=1S/C13H16BrNO/c1-9-2-5-11(8-12(9)14)13(16)15-7-6-10-3-4-10/h2,5,8,10H,3-4,6-7H2,1H3,(H,15,16). The molecule has 86 valence electrons. The second kappa shape index (κ2) is 5.00.